The number of methoxy groups -OCH3 is 3. The molecule has 1 atom stereocenters. The predicted octanol–water partition coefficient (Wildman–Crippen LogP) is 3.58. The van der Waals surface area contributed by atoms with Gasteiger partial charge in [-0.3, -0.25) is 9.59 Å². The van der Waals surface area contributed by atoms with E-state index in [9.17, 15) is 9.59 Å². The van der Waals surface area contributed by atoms with Crippen LogP contribution >= 0.6 is 11.8 Å². The number of rotatable bonds is 5. The standard InChI is InChI=1S/C22H25NO5S/c1-12(24)23-16-8-6-13-10-18(26-2)21(27-3)22(28-4)20(13)15-11-19(29-5)17(25)9-7-14(15)16/h7,9-11,16H,6,8H2,1-5H3,(H,23,24)/t16-/m0/s1. The van der Waals surface area contributed by atoms with Crippen LogP contribution in [0.4, 0.5) is 0 Å². The lowest BCUT2D eigenvalue weighted by Crippen LogP contribution is -2.26. The summed E-state index contributed by atoms with van der Waals surface area (Å²) in [5.74, 6) is 1.51. The smallest absolute Gasteiger partial charge is 0.217 e. The second kappa shape index (κ2) is 8.78. The van der Waals surface area contributed by atoms with E-state index in [1.54, 1.807) is 27.4 Å². The molecular formula is C22H25NO5S. The van der Waals surface area contributed by atoms with Crippen LogP contribution in [0.15, 0.2) is 34.0 Å². The average Bonchev–Trinajstić information content (AvgIpc) is 2.95. The fraction of sp³-hybridized carbons (Fsp3) is 0.364. The molecule has 6 nitrogen and oxygen atoms in total. The Morgan fingerprint density at radius 2 is 1.83 bits per heavy atom. The third kappa shape index (κ3) is 3.92. The minimum absolute atomic E-state index is 0.0619. The zero-order valence-electron chi connectivity index (χ0n) is 17.3. The summed E-state index contributed by atoms with van der Waals surface area (Å²) in [4.78, 5) is 25.0. The molecule has 2 aromatic rings. The molecule has 154 valence electrons. The summed E-state index contributed by atoms with van der Waals surface area (Å²) in [6.45, 7) is 1.50. The van der Waals surface area contributed by atoms with Crippen molar-refractivity contribution in [3.63, 3.8) is 0 Å². The monoisotopic (exact) mass is 415 g/mol. The fourth-order valence-corrected chi connectivity index (χ4v) is 4.36. The van der Waals surface area contributed by atoms with Crippen molar-refractivity contribution in [2.45, 2.75) is 30.7 Å². The van der Waals surface area contributed by atoms with Crippen LogP contribution in [-0.2, 0) is 11.2 Å². The Morgan fingerprint density at radius 1 is 1.10 bits per heavy atom. The molecule has 1 N–H and O–H groups in total. The van der Waals surface area contributed by atoms with Gasteiger partial charge in [0, 0.05) is 12.5 Å². The largest absolute Gasteiger partial charge is 0.493 e. The Kier molecular flexibility index (Phi) is 6.37. The Hall–Kier alpha value is -2.67. The first-order valence-electron chi connectivity index (χ1n) is 9.26. The van der Waals surface area contributed by atoms with Crippen LogP contribution in [0.5, 0.6) is 17.2 Å². The summed E-state index contributed by atoms with van der Waals surface area (Å²) in [5.41, 5.74) is 3.54. The average molecular weight is 416 g/mol. The highest BCUT2D eigenvalue weighted by Gasteiger charge is 2.29. The molecule has 1 aliphatic rings. The van der Waals surface area contributed by atoms with Crippen LogP contribution in [-0.4, -0.2) is 33.5 Å². The first kappa shape index (κ1) is 21.0. The topological polar surface area (TPSA) is 73.9 Å². The maximum Gasteiger partial charge on any atom is 0.217 e. The molecule has 29 heavy (non-hydrogen) atoms. The molecule has 1 amide bonds. The maximum absolute atomic E-state index is 12.5. The van der Waals surface area contributed by atoms with Crippen LogP contribution in [0.3, 0.4) is 0 Å². The lowest BCUT2D eigenvalue weighted by atomic mass is 9.95. The predicted molar refractivity (Wildman–Crippen MR) is 114 cm³/mol. The number of ether oxygens (including phenoxy) is 3. The van der Waals surface area contributed by atoms with E-state index >= 15 is 0 Å². The van der Waals surface area contributed by atoms with Gasteiger partial charge in [0.25, 0.3) is 0 Å². The molecule has 0 bridgehead atoms. The summed E-state index contributed by atoms with van der Waals surface area (Å²) < 4.78 is 16.9. The lowest BCUT2D eigenvalue weighted by molar-refractivity contribution is -0.119. The molecule has 0 aromatic heterocycles. The molecule has 7 heteroatoms. The van der Waals surface area contributed by atoms with Crippen LogP contribution in [0.1, 0.15) is 30.5 Å². The van der Waals surface area contributed by atoms with Crippen LogP contribution in [0, 0.1) is 0 Å². The van der Waals surface area contributed by atoms with E-state index in [2.05, 4.69) is 5.32 Å². The van der Waals surface area contributed by atoms with Crippen LogP contribution < -0.4 is 25.0 Å². The molecule has 0 saturated heterocycles. The van der Waals surface area contributed by atoms with Gasteiger partial charge in [0.05, 0.1) is 32.3 Å². The number of benzene rings is 1. The van der Waals surface area contributed by atoms with Gasteiger partial charge in [0.2, 0.25) is 11.7 Å². The number of fused-ring (bicyclic) bond motifs is 3. The first-order valence-corrected chi connectivity index (χ1v) is 10.5. The third-order valence-corrected chi connectivity index (χ3v) is 5.86. The summed E-state index contributed by atoms with van der Waals surface area (Å²) >= 11 is 1.39. The number of hydrogen-bond acceptors (Lipinski definition) is 6. The number of thioether (sulfide) groups is 1. The van der Waals surface area contributed by atoms with Gasteiger partial charge < -0.3 is 19.5 Å². The number of carbonyl (C=O) groups excluding carboxylic acids is 1. The van der Waals surface area contributed by atoms with Gasteiger partial charge >= 0.3 is 0 Å². The van der Waals surface area contributed by atoms with E-state index in [-0.39, 0.29) is 17.4 Å². The van der Waals surface area contributed by atoms with Crippen molar-refractivity contribution >= 4 is 17.7 Å². The van der Waals surface area contributed by atoms with Crippen molar-refractivity contribution in [1.82, 2.24) is 5.32 Å². The lowest BCUT2D eigenvalue weighted by Gasteiger charge is -2.20. The fourth-order valence-electron chi connectivity index (χ4n) is 3.85. The Labute approximate surface area is 174 Å². The Bertz CT molecular complexity index is 1010. The van der Waals surface area contributed by atoms with E-state index in [0.29, 0.717) is 35.0 Å². The molecule has 0 radical (unpaired) electrons. The molecule has 0 saturated carbocycles. The number of nitrogens with one attached hydrogen (secondary N) is 1. The number of hydrogen-bond donors (Lipinski definition) is 1. The molecule has 2 aromatic carbocycles. The summed E-state index contributed by atoms with van der Waals surface area (Å²) in [6, 6.07) is 6.98. The molecule has 0 unspecified atom stereocenters. The van der Waals surface area contributed by atoms with Crippen LogP contribution in [0.2, 0.25) is 0 Å². The van der Waals surface area contributed by atoms with Gasteiger partial charge in [-0.05, 0) is 54.0 Å². The van der Waals surface area contributed by atoms with Gasteiger partial charge in [-0.2, -0.15) is 0 Å². The summed E-state index contributed by atoms with van der Waals surface area (Å²) in [5, 5.41) is 3.03. The number of aryl methyl sites for hydroxylation is 1. The zero-order valence-corrected chi connectivity index (χ0v) is 18.1. The molecule has 0 spiro atoms. The maximum atomic E-state index is 12.5. The highest BCUT2D eigenvalue weighted by atomic mass is 32.2. The molecular weight excluding hydrogens is 390 g/mol. The van der Waals surface area contributed by atoms with Crippen molar-refractivity contribution in [2.75, 3.05) is 27.6 Å². The van der Waals surface area contributed by atoms with Crippen molar-refractivity contribution in [3.05, 3.63) is 45.6 Å². The molecule has 0 heterocycles. The second-order valence-corrected chi connectivity index (χ2v) is 7.60. The van der Waals surface area contributed by atoms with E-state index in [1.165, 1.54) is 18.7 Å². The number of carbonyl (C=O) groups is 1. The third-order valence-electron chi connectivity index (χ3n) is 5.10. The normalized spacial score (nSPS) is 14.9. The van der Waals surface area contributed by atoms with Gasteiger partial charge in [0.15, 0.2) is 16.9 Å². The first-order chi connectivity index (χ1) is 13.9. The second-order valence-electron chi connectivity index (χ2n) is 6.75. The molecule has 1 aliphatic carbocycles. The van der Waals surface area contributed by atoms with Gasteiger partial charge in [-0.1, -0.05) is 6.07 Å². The van der Waals surface area contributed by atoms with Gasteiger partial charge in [-0.25, -0.2) is 0 Å². The van der Waals surface area contributed by atoms with Crippen molar-refractivity contribution < 1.29 is 19.0 Å². The molecule has 0 fully saturated rings. The van der Waals surface area contributed by atoms with E-state index < -0.39 is 0 Å². The Balaban J connectivity index is 2.43. The quantitative estimate of drug-likeness (QED) is 0.753. The van der Waals surface area contributed by atoms with Crippen molar-refractivity contribution in [3.8, 4) is 28.4 Å². The van der Waals surface area contributed by atoms with Gasteiger partial charge in [0.1, 0.15) is 0 Å². The number of amides is 1. The Morgan fingerprint density at radius 3 is 2.41 bits per heavy atom. The highest BCUT2D eigenvalue weighted by molar-refractivity contribution is 7.98. The van der Waals surface area contributed by atoms with E-state index in [1.807, 2.05) is 24.5 Å². The van der Waals surface area contributed by atoms with E-state index in [0.717, 1.165) is 22.3 Å². The molecule has 3 rings (SSSR count). The zero-order chi connectivity index (χ0) is 21.1. The van der Waals surface area contributed by atoms with Crippen LogP contribution in [0.25, 0.3) is 11.1 Å². The van der Waals surface area contributed by atoms with E-state index in [4.69, 9.17) is 14.2 Å². The SMILES string of the molecule is COc1cc2c(c(OC)c1OC)-c1cc(SC)c(=O)ccc1[C@@H](NC(C)=O)CC2. The minimum Gasteiger partial charge on any atom is -0.493 e. The van der Waals surface area contributed by atoms with Crippen molar-refractivity contribution in [1.29, 1.82) is 0 Å². The highest BCUT2D eigenvalue weighted by Crippen LogP contribution is 2.50. The summed E-state index contributed by atoms with van der Waals surface area (Å²) in [7, 11) is 4.74. The minimum atomic E-state index is -0.224. The summed E-state index contributed by atoms with van der Waals surface area (Å²) in [6.07, 6.45) is 3.26. The van der Waals surface area contributed by atoms with Crippen molar-refractivity contribution in [2.24, 2.45) is 0 Å². The molecule has 0 aliphatic heterocycles. The van der Waals surface area contributed by atoms with Gasteiger partial charge in [-0.15, -0.1) is 11.8 Å².